The van der Waals surface area contributed by atoms with Crippen LogP contribution in [0.1, 0.15) is 22.2 Å². The molecule has 6 nitrogen and oxygen atoms in total. The van der Waals surface area contributed by atoms with Gasteiger partial charge in [-0.05, 0) is 40.2 Å². The zero-order valence-electron chi connectivity index (χ0n) is 12.0. The Balaban J connectivity index is 2.05. The van der Waals surface area contributed by atoms with Gasteiger partial charge in [0.2, 0.25) is 0 Å². The van der Waals surface area contributed by atoms with E-state index < -0.39 is 41.7 Å². The molecule has 0 spiro atoms. The third-order valence-corrected chi connectivity index (χ3v) is 3.97. The molecule has 1 N–H and O–H groups in total. The van der Waals surface area contributed by atoms with Crippen LogP contribution in [0.15, 0.2) is 41.0 Å². The molecule has 0 saturated carbocycles. The number of hydrogen-bond acceptors (Lipinski definition) is 4. The quantitative estimate of drug-likeness (QED) is 0.623. The van der Waals surface area contributed by atoms with Gasteiger partial charge in [0.05, 0.1) is 5.69 Å². The first-order valence-corrected chi connectivity index (χ1v) is 7.58. The summed E-state index contributed by atoms with van der Waals surface area (Å²) < 4.78 is 28.2. The van der Waals surface area contributed by atoms with E-state index in [0.29, 0.717) is 9.67 Å². The van der Waals surface area contributed by atoms with Crippen molar-refractivity contribution in [2.75, 3.05) is 6.54 Å². The summed E-state index contributed by atoms with van der Waals surface area (Å²) in [6, 6.07) is 7.70. The standard InChI is InChI=1S/C15H10BrF2N3O3/c16-11-6-2-5-10(19-11)14-20(7-12(22)21(14)24)15(23)13-8(17)3-1-4-9(13)18/h1-6,14,24H,7H2. The van der Waals surface area contributed by atoms with Gasteiger partial charge >= 0.3 is 0 Å². The fraction of sp³-hybridized carbons (Fsp3) is 0.133. The van der Waals surface area contributed by atoms with Crippen molar-refractivity contribution < 1.29 is 23.6 Å². The van der Waals surface area contributed by atoms with E-state index in [2.05, 4.69) is 20.9 Å². The number of carbonyl (C=O) groups is 2. The van der Waals surface area contributed by atoms with E-state index in [1.54, 1.807) is 12.1 Å². The number of amides is 2. The van der Waals surface area contributed by atoms with E-state index in [1.165, 1.54) is 6.07 Å². The molecule has 1 aliphatic rings. The number of hydrogen-bond donors (Lipinski definition) is 1. The van der Waals surface area contributed by atoms with Crippen molar-refractivity contribution >= 4 is 27.7 Å². The normalized spacial score (nSPS) is 17.5. The fourth-order valence-electron chi connectivity index (χ4n) is 2.45. The van der Waals surface area contributed by atoms with Crippen molar-refractivity contribution in [2.24, 2.45) is 0 Å². The van der Waals surface area contributed by atoms with Gasteiger partial charge in [0.15, 0.2) is 6.17 Å². The van der Waals surface area contributed by atoms with Gasteiger partial charge in [0.1, 0.15) is 28.3 Å². The maximum absolute atomic E-state index is 13.9. The Kier molecular flexibility index (Phi) is 4.29. The third kappa shape index (κ3) is 2.76. The Hall–Kier alpha value is -2.39. The lowest BCUT2D eigenvalue weighted by atomic mass is 10.1. The first kappa shape index (κ1) is 16.5. The molecule has 1 fully saturated rings. The zero-order chi connectivity index (χ0) is 17.4. The first-order chi connectivity index (χ1) is 11.4. The second-order valence-electron chi connectivity index (χ2n) is 5.03. The van der Waals surface area contributed by atoms with E-state index >= 15 is 0 Å². The number of aromatic nitrogens is 1. The van der Waals surface area contributed by atoms with Crippen LogP contribution in [0.3, 0.4) is 0 Å². The number of nitrogens with zero attached hydrogens (tertiary/aromatic N) is 3. The lowest BCUT2D eigenvalue weighted by Gasteiger charge is -2.26. The number of pyridine rings is 1. The predicted molar refractivity (Wildman–Crippen MR) is 80.7 cm³/mol. The maximum atomic E-state index is 13.9. The van der Waals surface area contributed by atoms with E-state index in [1.807, 2.05) is 0 Å². The van der Waals surface area contributed by atoms with Gasteiger partial charge in [0.25, 0.3) is 11.8 Å². The van der Waals surface area contributed by atoms with Crippen molar-refractivity contribution in [3.63, 3.8) is 0 Å². The molecule has 3 rings (SSSR count). The van der Waals surface area contributed by atoms with Gasteiger partial charge < -0.3 is 4.90 Å². The van der Waals surface area contributed by atoms with Crippen molar-refractivity contribution in [3.8, 4) is 0 Å². The Morgan fingerprint density at radius 3 is 2.46 bits per heavy atom. The Morgan fingerprint density at radius 1 is 1.21 bits per heavy atom. The van der Waals surface area contributed by atoms with Crippen LogP contribution in [0.5, 0.6) is 0 Å². The van der Waals surface area contributed by atoms with Crippen LogP contribution in [0, 0.1) is 11.6 Å². The number of halogens is 3. The van der Waals surface area contributed by atoms with Crippen LogP contribution in [-0.4, -0.2) is 38.5 Å². The molecule has 2 heterocycles. The summed E-state index contributed by atoms with van der Waals surface area (Å²) >= 11 is 3.15. The van der Waals surface area contributed by atoms with E-state index in [9.17, 15) is 23.6 Å². The number of rotatable bonds is 2. The molecule has 1 atom stereocenters. The molecule has 124 valence electrons. The molecule has 0 radical (unpaired) electrons. The molecule has 0 aliphatic carbocycles. The smallest absolute Gasteiger partial charge is 0.268 e. The minimum absolute atomic E-state index is 0.169. The van der Waals surface area contributed by atoms with Crippen LogP contribution in [-0.2, 0) is 4.79 Å². The van der Waals surface area contributed by atoms with Crippen molar-refractivity contribution in [3.05, 3.63) is 63.9 Å². The van der Waals surface area contributed by atoms with E-state index in [4.69, 9.17) is 0 Å². The second kappa shape index (κ2) is 6.25. The average molecular weight is 398 g/mol. The molecular formula is C15H10BrF2N3O3. The van der Waals surface area contributed by atoms with Gasteiger partial charge in [-0.15, -0.1) is 0 Å². The molecule has 9 heteroatoms. The predicted octanol–water partition coefficient (Wildman–Crippen LogP) is 2.49. The molecule has 2 aromatic rings. The lowest BCUT2D eigenvalue weighted by Crippen LogP contribution is -2.35. The van der Waals surface area contributed by atoms with E-state index in [0.717, 1.165) is 23.1 Å². The van der Waals surface area contributed by atoms with E-state index in [-0.39, 0.29) is 5.69 Å². The first-order valence-electron chi connectivity index (χ1n) is 6.78. The van der Waals surface area contributed by atoms with Crippen LogP contribution in [0.2, 0.25) is 0 Å². The van der Waals surface area contributed by atoms with Crippen LogP contribution >= 0.6 is 15.9 Å². The molecule has 0 bridgehead atoms. The van der Waals surface area contributed by atoms with Gasteiger partial charge in [-0.2, -0.15) is 5.06 Å². The summed E-state index contributed by atoms with van der Waals surface area (Å²) in [6.45, 7) is -0.526. The summed E-state index contributed by atoms with van der Waals surface area (Å²) in [5.74, 6) is -3.94. The highest BCUT2D eigenvalue weighted by atomic mass is 79.9. The Bertz CT molecular complexity index is 813. The second-order valence-corrected chi connectivity index (χ2v) is 5.84. The SMILES string of the molecule is O=C1CN(C(=O)c2c(F)cccc2F)C(c2cccc(Br)n2)N1O. The van der Waals surface area contributed by atoms with Crippen LogP contribution in [0.25, 0.3) is 0 Å². The lowest BCUT2D eigenvalue weighted by molar-refractivity contribution is -0.169. The molecule has 24 heavy (non-hydrogen) atoms. The van der Waals surface area contributed by atoms with Crippen LogP contribution < -0.4 is 0 Å². The van der Waals surface area contributed by atoms with Gasteiger partial charge in [0, 0.05) is 0 Å². The molecule has 1 saturated heterocycles. The zero-order valence-corrected chi connectivity index (χ0v) is 13.6. The number of hydroxylamine groups is 2. The Labute approximate surface area is 143 Å². The molecule has 2 amide bonds. The minimum atomic E-state index is -1.28. The van der Waals surface area contributed by atoms with Gasteiger partial charge in [-0.25, -0.2) is 13.8 Å². The third-order valence-electron chi connectivity index (χ3n) is 3.53. The monoisotopic (exact) mass is 397 g/mol. The van der Waals surface area contributed by atoms with Crippen molar-refractivity contribution in [1.82, 2.24) is 14.9 Å². The highest BCUT2D eigenvalue weighted by molar-refractivity contribution is 9.10. The summed E-state index contributed by atoms with van der Waals surface area (Å²) in [5, 5.41) is 10.3. The molecule has 1 aromatic carbocycles. The summed E-state index contributed by atoms with van der Waals surface area (Å²) in [4.78, 5) is 29.3. The molecular weight excluding hydrogens is 388 g/mol. The molecule has 1 unspecified atom stereocenters. The van der Waals surface area contributed by atoms with Crippen LogP contribution in [0.4, 0.5) is 8.78 Å². The van der Waals surface area contributed by atoms with Gasteiger partial charge in [-0.1, -0.05) is 12.1 Å². The molecule has 1 aliphatic heterocycles. The topological polar surface area (TPSA) is 73.7 Å². The number of benzene rings is 1. The largest absolute Gasteiger partial charge is 0.301 e. The summed E-state index contributed by atoms with van der Waals surface area (Å²) in [5.41, 5.74) is -0.622. The highest BCUT2D eigenvalue weighted by Crippen LogP contribution is 2.31. The van der Waals surface area contributed by atoms with Crippen molar-refractivity contribution in [2.45, 2.75) is 6.17 Å². The summed E-state index contributed by atoms with van der Waals surface area (Å²) in [7, 11) is 0. The minimum Gasteiger partial charge on any atom is -0.301 e. The van der Waals surface area contributed by atoms with Gasteiger partial charge in [-0.3, -0.25) is 14.8 Å². The highest BCUT2D eigenvalue weighted by Gasteiger charge is 2.43. The van der Waals surface area contributed by atoms with Crippen molar-refractivity contribution in [1.29, 1.82) is 0 Å². The molecule has 1 aromatic heterocycles. The average Bonchev–Trinajstić information content (AvgIpc) is 2.82. The summed E-state index contributed by atoms with van der Waals surface area (Å²) in [6.07, 6.45) is -1.28. The number of carbonyl (C=O) groups excluding carboxylic acids is 2. The fourth-order valence-corrected chi connectivity index (χ4v) is 2.81. The maximum Gasteiger partial charge on any atom is 0.268 e. The Morgan fingerprint density at radius 2 is 1.83 bits per heavy atom.